The fourth-order valence-corrected chi connectivity index (χ4v) is 3.68. The van der Waals surface area contributed by atoms with Gasteiger partial charge in [0.15, 0.2) is 11.1 Å². The van der Waals surface area contributed by atoms with Crippen LogP contribution in [0.1, 0.15) is 35.3 Å². The molecule has 1 N–H and O–H groups in total. The van der Waals surface area contributed by atoms with Crippen molar-refractivity contribution in [3.63, 3.8) is 0 Å². The van der Waals surface area contributed by atoms with Crippen LogP contribution in [-0.2, 0) is 0 Å². The number of halogens is 1. The Kier molecular flexibility index (Phi) is 5.40. The van der Waals surface area contributed by atoms with Gasteiger partial charge in [0.1, 0.15) is 28.9 Å². The highest BCUT2D eigenvalue weighted by Gasteiger charge is 2.20. The minimum Gasteiger partial charge on any atom is -0.455 e. The second-order valence-corrected chi connectivity index (χ2v) is 7.64. The third-order valence-electron chi connectivity index (χ3n) is 5.02. The molecule has 3 aromatic heterocycles. The maximum absolute atomic E-state index is 13.2. The minimum atomic E-state index is -0.289. The Morgan fingerprint density at radius 1 is 1.19 bits per heavy atom. The Morgan fingerprint density at radius 2 is 1.94 bits per heavy atom. The lowest BCUT2D eigenvalue weighted by Crippen LogP contribution is -2.13. The van der Waals surface area contributed by atoms with Crippen LogP contribution in [0.3, 0.4) is 0 Å². The van der Waals surface area contributed by atoms with E-state index in [9.17, 15) is 10.1 Å². The van der Waals surface area contributed by atoms with Crippen LogP contribution in [0, 0.1) is 25.2 Å². The molecule has 31 heavy (non-hydrogen) atoms. The average Bonchev–Trinajstić information content (AvgIpc) is 2.77. The van der Waals surface area contributed by atoms with Gasteiger partial charge in [-0.25, -0.2) is 15.0 Å². The van der Waals surface area contributed by atoms with E-state index in [0.717, 1.165) is 11.1 Å². The van der Waals surface area contributed by atoms with Crippen molar-refractivity contribution in [2.45, 2.75) is 26.8 Å². The molecule has 1 atom stereocenters. The third-order valence-corrected chi connectivity index (χ3v) is 5.23. The number of rotatable bonds is 4. The van der Waals surface area contributed by atoms with Crippen LogP contribution in [0.5, 0.6) is 0 Å². The van der Waals surface area contributed by atoms with Gasteiger partial charge in [0, 0.05) is 23.5 Å². The van der Waals surface area contributed by atoms with Gasteiger partial charge in [-0.1, -0.05) is 17.7 Å². The molecule has 0 aliphatic heterocycles. The Labute approximate surface area is 183 Å². The topological polar surface area (TPSA) is 105 Å². The van der Waals surface area contributed by atoms with Crippen molar-refractivity contribution < 1.29 is 4.42 Å². The summed E-state index contributed by atoms with van der Waals surface area (Å²) in [5.74, 6) is 0.432. The first-order valence-corrected chi connectivity index (χ1v) is 9.93. The molecule has 0 fully saturated rings. The summed E-state index contributed by atoms with van der Waals surface area (Å²) in [7, 11) is 0. The van der Waals surface area contributed by atoms with Crippen LogP contribution in [0.25, 0.3) is 22.3 Å². The van der Waals surface area contributed by atoms with Crippen LogP contribution in [0.2, 0.25) is 5.15 Å². The third kappa shape index (κ3) is 3.86. The fourth-order valence-electron chi connectivity index (χ4n) is 3.53. The SMILES string of the molecule is Cc1cc(C(C)Nc2ccc(Cl)nc2C#N)c2oc(-c3cncnc3)c(C)c(=O)c2c1. The molecule has 0 aliphatic carbocycles. The molecule has 0 amide bonds. The molecule has 8 heteroatoms. The molecule has 3 heterocycles. The Balaban J connectivity index is 1.89. The first-order valence-electron chi connectivity index (χ1n) is 9.55. The van der Waals surface area contributed by atoms with Crippen molar-refractivity contribution >= 4 is 28.3 Å². The van der Waals surface area contributed by atoms with Crippen molar-refractivity contribution in [1.29, 1.82) is 5.26 Å². The summed E-state index contributed by atoms with van der Waals surface area (Å²) in [4.78, 5) is 25.3. The molecule has 0 aliphatic rings. The maximum Gasteiger partial charge on any atom is 0.196 e. The van der Waals surface area contributed by atoms with Crippen LogP contribution < -0.4 is 10.7 Å². The molecule has 0 saturated carbocycles. The van der Waals surface area contributed by atoms with Gasteiger partial charge in [-0.05, 0) is 44.5 Å². The van der Waals surface area contributed by atoms with Gasteiger partial charge in [0.2, 0.25) is 0 Å². The fraction of sp³-hybridized carbons (Fsp3) is 0.174. The van der Waals surface area contributed by atoms with Gasteiger partial charge in [-0.15, -0.1) is 0 Å². The number of nitrogens with one attached hydrogen (secondary N) is 1. The maximum atomic E-state index is 13.2. The molecule has 0 spiro atoms. The number of aryl methyl sites for hydroxylation is 1. The van der Waals surface area contributed by atoms with Gasteiger partial charge >= 0.3 is 0 Å². The van der Waals surface area contributed by atoms with Gasteiger partial charge in [-0.2, -0.15) is 5.26 Å². The number of hydrogen-bond acceptors (Lipinski definition) is 7. The van der Waals surface area contributed by atoms with Crippen molar-refractivity contribution in [2.75, 3.05) is 5.32 Å². The van der Waals surface area contributed by atoms with Crippen molar-refractivity contribution in [3.05, 3.63) is 80.7 Å². The number of nitriles is 1. The van der Waals surface area contributed by atoms with Crippen LogP contribution >= 0.6 is 11.6 Å². The zero-order valence-electron chi connectivity index (χ0n) is 17.1. The van der Waals surface area contributed by atoms with E-state index in [-0.39, 0.29) is 22.3 Å². The lowest BCUT2D eigenvalue weighted by Gasteiger charge is -2.19. The minimum absolute atomic E-state index is 0.108. The van der Waals surface area contributed by atoms with Crippen molar-refractivity contribution in [2.24, 2.45) is 0 Å². The van der Waals surface area contributed by atoms with E-state index in [4.69, 9.17) is 16.0 Å². The highest BCUT2D eigenvalue weighted by Crippen LogP contribution is 2.32. The summed E-state index contributed by atoms with van der Waals surface area (Å²) in [5.41, 5.74) is 3.92. The van der Waals surface area contributed by atoms with Crippen LogP contribution in [-0.4, -0.2) is 15.0 Å². The molecular weight excluding hydrogens is 414 g/mol. The molecule has 0 saturated heterocycles. The molecule has 0 bridgehead atoms. The second kappa shape index (κ2) is 8.17. The predicted octanol–water partition coefficient (Wildman–Crippen LogP) is 4.96. The Bertz CT molecular complexity index is 1390. The number of aromatic nitrogens is 3. The van der Waals surface area contributed by atoms with E-state index in [1.165, 1.54) is 6.33 Å². The Morgan fingerprint density at radius 3 is 2.65 bits per heavy atom. The molecule has 7 nitrogen and oxygen atoms in total. The highest BCUT2D eigenvalue weighted by molar-refractivity contribution is 6.29. The van der Waals surface area contributed by atoms with Crippen molar-refractivity contribution in [3.8, 4) is 17.4 Å². The number of fused-ring (bicyclic) bond motifs is 1. The monoisotopic (exact) mass is 431 g/mol. The van der Waals surface area contributed by atoms with E-state index in [1.54, 1.807) is 31.5 Å². The first-order chi connectivity index (χ1) is 14.9. The molecule has 4 aromatic rings. The number of hydrogen-bond donors (Lipinski definition) is 1. The highest BCUT2D eigenvalue weighted by atomic mass is 35.5. The molecule has 0 radical (unpaired) electrons. The van der Waals surface area contributed by atoms with E-state index in [2.05, 4.69) is 20.3 Å². The number of anilines is 1. The van der Waals surface area contributed by atoms with Gasteiger partial charge < -0.3 is 9.73 Å². The smallest absolute Gasteiger partial charge is 0.196 e. The molecule has 4 rings (SSSR count). The summed E-state index contributed by atoms with van der Waals surface area (Å²) in [6, 6.07) is 8.85. The quantitative estimate of drug-likeness (QED) is 0.455. The molecule has 1 aromatic carbocycles. The van der Waals surface area contributed by atoms with E-state index in [0.29, 0.717) is 33.5 Å². The largest absolute Gasteiger partial charge is 0.455 e. The van der Waals surface area contributed by atoms with Gasteiger partial charge in [0.05, 0.1) is 22.7 Å². The average molecular weight is 432 g/mol. The van der Waals surface area contributed by atoms with E-state index >= 15 is 0 Å². The summed E-state index contributed by atoms with van der Waals surface area (Å²) in [6.45, 7) is 5.58. The zero-order valence-corrected chi connectivity index (χ0v) is 17.9. The van der Waals surface area contributed by atoms with E-state index < -0.39 is 0 Å². The number of benzene rings is 1. The normalized spacial score (nSPS) is 11.8. The number of pyridine rings is 1. The summed E-state index contributed by atoms with van der Waals surface area (Å²) >= 11 is 5.91. The molecular formula is C23H18ClN5O2. The lowest BCUT2D eigenvalue weighted by atomic mass is 9.99. The summed E-state index contributed by atoms with van der Waals surface area (Å²) in [6.07, 6.45) is 4.64. The second-order valence-electron chi connectivity index (χ2n) is 7.25. The van der Waals surface area contributed by atoms with Crippen LogP contribution in [0.15, 0.2) is 52.2 Å². The molecule has 154 valence electrons. The van der Waals surface area contributed by atoms with E-state index in [1.807, 2.05) is 32.0 Å². The first kappa shape index (κ1) is 20.5. The van der Waals surface area contributed by atoms with Crippen LogP contribution in [0.4, 0.5) is 5.69 Å². The number of nitrogens with zero attached hydrogens (tertiary/aromatic N) is 4. The summed E-state index contributed by atoms with van der Waals surface area (Å²) < 4.78 is 6.26. The lowest BCUT2D eigenvalue weighted by molar-refractivity contribution is 0.605. The molecule has 1 unspecified atom stereocenters. The Hall–Kier alpha value is -3.76. The zero-order chi connectivity index (χ0) is 22.1. The summed E-state index contributed by atoms with van der Waals surface area (Å²) in [5, 5.41) is 13.4. The van der Waals surface area contributed by atoms with Gasteiger partial charge in [0.25, 0.3) is 0 Å². The standard InChI is InChI=1S/C23H18ClN5O2/c1-12-6-16(14(3)28-18-4-5-20(24)29-19(18)8-25)23-17(7-12)21(30)13(2)22(31-23)15-9-26-11-27-10-15/h4-7,9-11,14,28H,1-3H3. The van der Waals surface area contributed by atoms with Crippen molar-refractivity contribution in [1.82, 2.24) is 15.0 Å². The van der Waals surface area contributed by atoms with Gasteiger partial charge in [-0.3, -0.25) is 4.79 Å². The predicted molar refractivity (Wildman–Crippen MR) is 119 cm³/mol.